The van der Waals surface area contributed by atoms with E-state index in [1.54, 1.807) is 43.5 Å². The van der Waals surface area contributed by atoms with Gasteiger partial charge >= 0.3 is 0 Å². The van der Waals surface area contributed by atoms with Gasteiger partial charge in [0.1, 0.15) is 11.6 Å². The predicted molar refractivity (Wildman–Crippen MR) is 118 cm³/mol. The molecule has 0 saturated heterocycles. The van der Waals surface area contributed by atoms with E-state index in [4.69, 9.17) is 9.15 Å². The number of oxazole rings is 1. The molecule has 0 unspecified atom stereocenters. The van der Waals surface area contributed by atoms with Gasteiger partial charge in [0.05, 0.1) is 12.0 Å². The van der Waals surface area contributed by atoms with Gasteiger partial charge in [0.25, 0.3) is 0 Å². The molecule has 0 saturated carbocycles. The molecule has 9 heteroatoms. The molecule has 0 aliphatic carbocycles. The molecule has 0 atom stereocenters. The van der Waals surface area contributed by atoms with Gasteiger partial charge in [-0.15, -0.1) is 0 Å². The van der Waals surface area contributed by atoms with Crippen molar-refractivity contribution in [3.63, 3.8) is 0 Å². The first-order valence-electron chi connectivity index (χ1n) is 9.05. The van der Waals surface area contributed by atoms with Crippen molar-refractivity contribution in [3.8, 4) is 17.2 Å². The zero-order chi connectivity index (χ0) is 22.0. The number of aromatic nitrogens is 1. The average Bonchev–Trinajstić information content (AvgIpc) is 3.20. The number of ether oxygens (including phenoxy) is 1. The molecule has 6 nitrogen and oxygen atoms in total. The third kappa shape index (κ3) is 4.47. The third-order valence-electron chi connectivity index (χ3n) is 4.41. The summed E-state index contributed by atoms with van der Waals surface area (Å²) in [6.07, 6.45) is 0. The number of halogens is 2. The predicted octanol–water partition coefficient (Wildman–Crippen LogP) is 5.83. The largest absolute Gasteiger partial charge is 0.497 e. The van der Waals surface area contributed by atoms with Crippen molar-refractivity contribution < 1.29 is 22.0 Å². The molecule has 4 aromatic rings. The molecule has 0 radical (unpaired) electrons. The minimum absolute atomic E-state index is 0.0479. The third-order valence-corrected chi connectivity index (χ3v) is 6.62. The van der Waals surface area contributed by atoms with E-state index < -0.39 is 15.7 Å². The number of nitrogens with zero attached hydrogens (tertiary/aromatic N) is 1. The summed E-state index contributed by atoms with van der Waals surface area (Å²) in [6.45, 7) is 0. The van der Waals surface area contributed by atoms with Crippen molar-refractivity contribution in [3.05, 3.63) is 83.1 Å². The Morgan fingerprint density at radius 3 is 2.23 bits per heavy atom. The van der Waals surface area contributed by atoms with Gasteiger partial charge < -0.3 is 14.5 Å². The highest BCUT2D eigenvalue weighted by Crippen LogP contribution is 2.34. The van der Waals surface area contributed by atoms with Gasteiger partial charge in [-0.1, -0.05) is 15.9 Å². The van der Waals surface area contributed by atoms with Crippen LogP contribution in [0.15, 0.2) is 91.6 Å². The van der Waals surface area contributed by atoms with Crippen LogP contribution in [0.5, 0.6) is 5.75 Å². The Morgan fingerprint density at radius 2 is 1.61 bits per heavy atom. The Kier molecular flexibility index (Phi) is 5.79. The molecular weight excluding hydrogens is 487 g/mol. The van der Waals surface area contributed by atoms with Crippen LogP contribution in [0.25, 0.3) is 11.5 Å². The van der Waals surface area contributed by atoms with Crippen LogP contribution in [-0.4, -0.2) is 20.5 Å². The number of anilines is 2. The minimum atomic E-state index is -4.00. The van der Waals surface area contributed by atoms with Crippen molar-refractivity contribution in [2.75, 3.05) is 12.4 Å². The average molecular weight is 503 g/mol. The molecule has 3 aromatic carbocycles. The lowest BCUT2D eigenvalue weighted by Crippen LogP contribution is -2.05. The van der Waals surface area contributed by atoms with Gasteiger partial charge in [0, 0.05) is 15.7 Å². The van der Waals surface area contributed by atoms with Crippen LogP contribution in [0.2, 0.25) is 0 Å². The highest BCUT2D eigenvalue weighted by atomic mass is 79.9. The van der Waals surface area contributed by atoms with E-state index in [1.807, 2.05) is 0 Å². The molecule has 0 bridgehead atoms. The summed E-state index contributed by atoms with van der Waals surface area (Å²) in [6, 6.07) is 18.5. The van der Waals surface area contributed by atoms with E-state index in [1.165, 1.54) is 36.4 Å². The van der Waals surface area contributed by atoms with Crippen LogP contribution < -0.4 is 10.1 Å². The highest BCUT2D eigenvalue weighted by molar-refractivity contribution is 9.10. The summed E-state index contributed by atoms with van der Waals surface area (Å²) in [7, 11) is -2.45. The number of methoxy groups -OCH3 is 1. The fraction of sp³-hybridized carbons (Fsp3) is 0.0455. The van der Waals surface area contributed by atoms with Crippen LogP contribution in [0.3, 0.4) is 0 Å². The van der Waals surface area contributed by atoms with Gasteiger partial charge in [-0.05, 0) is 72.8 Å². The standard InChI is InChI=1S/C22H16BrFN2O4S/c1-29-18-10-8-17(9-11-18)25-21-22(31(27,28)19-12-4-15(23)5-13-19)26-20(30-21)14-2-6-16(24)7-3-14/h2-13,25H,1H3. The maximum Gasteiger partial charge on any atom is 0.238 e. The first-order valence-corrected chi connectivity index (χ1v) is 11.3. The molecule has 0 amide bonds. The quantitative estimate of drug-likeness (QED) is 0.357. The van der Waals surface area contributed by atoms with E-state index in [2.05, 4.69) is 26.2 Å². The van der Waals surface area contributed by atoms with E-state index in [9.17, 15) is 12.8 Å². The molecule has 1 heterocycles. The summed E-state index contributed by atoms with van der Waals surface area (Å²) in [4.78, 5) is 4.30. The van der Waals surface area contributed by atoms with Crippen LogP contribution in [-0.2, 0) is 9.84 Å². The first-order chi connectivity index (χ1) is 14.9. The Morgan fingerprint density at radius 1 is 0.968 bits per heavy atom. The molecule has 0 spiro atoms. The highest BCUT2D eigenvalue weighted by Gasteiger charge is 2.28. The van der Waals surface area contributed by atoms with Crippen LogP contribution in [0.4, 0.5) is 16.0 Å². The normalized spacial score (nSPS) is 11.3. The van der Waals surface area contributed by atoms with Gasteiger partial charge in [-0.25, -0.2) is 12.8 Å². The Balaban J connectivity index is 1.81. The SMILES string of the molecule is COc1ccc(Nc2oc(-c3ccc(F)cc3)nc2S(=O)(=O)c2ccc(Br)cc2)cc1. The van der Waals surface area contributed by atoms with Gasteiger partial charge in [-0.3, -0.25) is 0 Å². The number of sulfone groups is 1. The summed E-state index contributed by atoms with van der Waals surface area (Å²) < 4.78 is 51.6. The van der Waals surface area contributed by atoms with E-state index >= 15 is 0 Å². The van der Waals surface area contributed by atoms with Crippen molar-refractivity contribution in [2.45, 2.75) is 9.92 Å². The Bertz CT molecular complexity index is 1300. The lowest BCUT2D eigenvalue weighted by molar-refractivity contribution is 0.415. The topological polar surface area (TPSA) is 81.4 Å². The zero-order valence-electron chi connectivity index (χ0n) is 16.2. The van der Waals surface area contributed by atoms with Crippen LogP contribution in [0.1, 0.15) is 0 Å². The summed E-state index contributed by atoms with van der Waals surface area (Å²) >= 11 is 3.30. The maximum absolute atomic E-state index is 13.3. The van der Waals surface area contributed by atoms with Crippen molar-refractivity contribution in [1.82, 2.24) is 4.98 Å². The van der Waals surface area contributed by atoms with Gasteiger partial charge in [0.15, 0.2) is 0 Å². The number of hydrogen-bond donors (Lipinski definition) is 1. The number of hydrogen-bond acceptors (Lipinski definition) is 6. The van der Waals surface area contributed by atoms with Crippen molar-refractivity contribution in [2.24, 2.45) is 0 Å². The van der Waals surface area contributed by atoms with E-state index in [-0.39, 0.29) is 21.7 Å². The number of benzene rings is 3. The van der Waals surface area contributed by atoms with Gasteiger partial charge in [0.2, 0.25) is 26.6 Å². The van der Waals surface area contributed by atoms with Gasteiger partial charge in [-0.2, -0.15) is 4.98 Å². The Labute approximate surface area is 186 Å². The molecule has 1 aromatic heterocycles. The van der Waals surface area contributed by atoms with E-state index in [0.29, 0.717) is 17.0 Å². The van der Waals surface area contributed by atoms with Crippen molar-refractivity contribution >= 4 is 37.3 Å². The smallest absolute Gasteiger partial charge is 0.238 e. The monoisotopic (exact) mass is 502 g/mol. The van der Waals surface area contributed by atoms with Crippen LogP contribution in [0, 0.1) is 5.82 Å². The zero-order valence-corrected chi connectivity index (χ0v) is 18.6. The Hall–Kier alpha value is -3.17. The van der Waals surface area contributed by atoms with Crippen molar-refractivity contribution in [1.29, 1.82) is 0 Å². The molecule has 1 N–H and O–H groups in total. The lowest BCUT2D eigenvalue weighted by atomic mass is 10.2. The number of rotatable bonds is 6. The van der Waals surface area contributed by atoms with E-state index in [0.717, 1.165) is 4.47 Å². The minimum Gasteiger partial charge on any atom is -0.497 e. The molecular formula is C22H16BrFN2O4S. The molecule has 0 fully saturated rings. The maximum atomic E-state index is 13.3. The summed E-state index contributed by atoms with van der Waals surface area (Å²) in [5, 5.41) is 2.69. The lowest BCUT2D eigenvalue weighted by Gasteiger charge is -2.07. The number of nitrogens with one attached hydrogen (secondary N) is 1. The molecule has 158 valence electrons. The van der Waals surface area contributed by atoms with Crippen LogP contribution >= 0.6 is 15.9 Å². The molecule has 0 aliphatic rings. The summed E-state index contributed by atoms with van der Waals surface area (Å²) in [5.41, 5.74) is 1.02. The second kappa shape index (κ2) is 8.52. The first kappa shape index (κ1) is 21.1. The molecule has 31 heavy (non-hydrogen) atoms. The molecule has 4 rings (SSSR count). The fourth-order valence-corrected chi connectivity index (χ4v) is 4.34. The molecule has 0 aliphatic heterocycles. The summed E-state index contributed by atoms with van der Waals surface area (Å²) in [5.74, 6) is 0.228. The second-order valence-corrected chi connectivity index (χ2v) is 9.25. The second-order valence-electron chi connectivity index (χ2n) is 6.47. The fourth-order valence-electron chi connectivity index (χ4n) is 2.81.